The molecular formula is C9H12BrN3O2. The maximum atomic E-state index is 9.56. The summed E-state index contributed by atoms with van der Waals surface area (Å²) < 4.78 is 5.92. The van der Waals surface area contributed by atoms with E-state index in [1.165, 1.54) is 0 Å². The Balaban J connectivity index is 2.12. The minimum atomic E-state index is -0.479. The number of nitrogens with zero attached hydrogens (tertiary/aromatic N) is 2. The van der Waals surface area contributed by atoms with Crippen LogP contribution in [0.2, 0.25) is 0 Å². The molecule has 82 valence electrons. The fraction of sp³-hybridized carbons (Fsp3) is 0.556. The van der Waals surface area contributed by atoms with Crippen molar-refractivity contribution in [2.24, 2.45) is 0 Å². The minimum Gasteiger partial charge on any atom is -0.388 e. The summed E-state index contributed by atoms with van der Waals surface area (Å²) in [5.74, 6) is 1.38. The normalized spacial score (nSPS) is 25.5. The van der Waals surface area contributed by atoms with Gasteiger partial charge in [0.25, 0.3) is 0 Å². The first kappa shape index (κ1) is 10.8. The van der Waals surface area contributed by atoms with Crippen molar-refractivity contribution < 1.29 is 9.84 Å². The van der Waals surface area contributed by atoms with E-state index in [-0.39, 0.29) is 6.04 Å². The zero-order valence-corrected chi connectivity index (χ0v) is 9.86. The molecule has 1 saturated heterocycles. The largest absolute Gasteiger partial charge is 0.388 e. The average molecular weight is 274 g/mol. The van der Waals surface area contributed by atoms with E-state index in [4.69, 9.17) is 4.74 Å². The van der Waals surface area contributed by atoms with Crippen LogP contribution in [-0.4, -0.2) is 40.4 Å². The van der Waals surface area contributed by atoms with Gasteiger partial charge >= 0.3 is 0 Å². The maximum absolute atomic E-state index is 9.56. The van der Waals surface area contributed by atoms with Gasteiger partial charge < -0.3 is 15.2 Å². The number of aliphatic hydroxyl groups is 1. The third kappa shape index (κ3) is 2.45. The number of aromatic nitrogens is 2. The summed E-state index contributed by atoms with van der Waals surface area (Å²) >= 11 is 3.35. The summed E-state index contributed by atoms with van der Waals surface area (Å²) in [6, 6.07) is -0.101. The number of aryl methyl sites for hydroxylation is 1. The van der Waals surface area contributed by atoms with Crippen LogP contribution in [0.25, 0.3) is 0 Å². The van der Waals surface area contributed by atoms with Crippen molar-refractivity contribution in [3.63, 3.8) is 0 Å². The van der Waals surface area contributed by atoms with E-state index in [1.807, 2.05) is 6.92 Å². The number of aliphatic hydroxyl groups excluding tert-OH is 1. The predicted octanol–water partition coefficient (Wildman–Crippen LogP) is 0.719. The molecule has 1 fully saturated rings. The lowest BCUT2D eigenvalue weighted by Gasteiger charge is -2.16. The Morgan fingerprint density at radius 2 is 2.40 bits per heavy atom. The van der Waals surface area contributed by atoms with Gasteiger partial charge in [0.15, 0.2) is 0 Å². The fourth-order valence-electron chi connectivity index (χ4n) is 1.41. The van der Waals surface area contributed by atoms with Gasteiger partial charge in [-0.25, -0.2) is 9.97 Å². The molecule has 0 bridgehead atoms. The van der Waals surface area contributed by atoms with Gasteiger partial charge in [0.2, 0.25) is 0 Å². The van der Waals surface area contributed by atoms with E-state index in [2.05, 4.69) is 31.2 Å². The molecule has 0 radical (unpaired) electrons. The number of halogens is 1. The molecule has 6 heteroatoms. The third-order valence-corrected chi connectivity index (χ3v) is 2.82. The lowest BCUT2D eigenvalue weighted by atomic mass is 10.2. The molecule has 2 rings (SSSR count). The van der Waals surface area contributed by atoms with Crippen LogP contribution >= 0.6 is 15.9 Å². The molecule has 0 aliphatic carbocycles. The Morgan fingerprint density at radius 1 is 1.60 bits per heavy atom. The summed E-state index contributed by atoms with van der Waals surface area (Å²) in [6.45, 7) is 2.69. The summed E-state index contributed by atoms with van der Waals surface area (Å²) in [5.41, 5.74) is 0. The molecule has 1 aromatic heterocycles. The fourth-order valence-corrected chi connectivity index (χ4v) is 1.72. The van der Waals surface area contributed by atoms with Crippen molar-refractivity contribution in [3.8, 4) is 0 Å². The quantitative estimate of drug-likeness (QED) is 0.831. The molecule has 2 unspecified atom stereocenters. The molecule has 0 saturated carbocycles. The van der Waals surface area contributed by atoms with Crippen molar-refractivity contribution in [1.29, 1.82) is 0 Å². The number of anilines is 1. The average Bonchev–Trinajstić information content (AvgIpc) is 2.58. The molecule has 0 spiro atoms. The number of nitrogens with one attached hydrogen (secondary N) is 1. The van der Waals surface area contributed by atoms with Crippen molar-refractivity contribution >= 4 is 21.7 Å². The summed E-state index contributed by atoms with van der Waals surface area (Å²) in [6.07, 6.45) is 1.21. The predicted molar refractivity (Wildman–Crippen MR) is 58.7 cm³/mol. The lowest BCUT2D eigenvalue weighted by molar-refractivity contribution is 0.125. The van der Waals surface area contributed by atoms with Crippen LogP contribution in [0.15, 0.2) is 10.7 Å². The second-order valence-electron chi connectivity index (χ2n) is 3.47. The van der Waals surface area contributed by atoms with Crippen molar-refractivity contribution in [3.05, 3.63) is 16.5 Å². The summed E-state index contributed by atoms with van der Waals surface area (Å²) in [7, 11) is 0. The smallest absolute Gasteiger partial charge is 0.144 e. The number of rotatable bonds is 2. The minimum absolute atomic E-state index is 0.101. The number of hydrogen-bond donors (Lipinski definition) is 2. The van der Waals surface area contributed by atoms with Gasteiger partial charge in [0.05, 0.1) is 29.8 Å². The Labute approximate surface area is 96.0 Å². The van der Waals surface area contributed by atoms with Gasteiger partial charge in [-0.2, -0.15) is 0 Å². The molecule has 1 aliphatic rings. The topological polar surface area (TPSA) is 67.3 Å². The summed E-state index contributed by atoms with van der Waals surface area (Å²) in [4.78, 5) is 8.28. The van der Waals surface area contributed by atoms with Crippen LogP contribution in [0.5, 0.6) is 0 Å². The molecule has 2 atom stereocenters. The van der Waals surface area contributed by atoms with Crippen LogP contribution < -0.4 is 5.32 Å². The van der Waals surface area contributed by atoms with Crippen molar-refractivity contribution in [2.45, 2.75) is 19.1 Å². The van der Waals surface area contributed by atoms with Gasteiger partial charge in [0, 0.05) is 6.20 Å². The van der Waals surface area contributed by atoms with Gasteiger partial charge in [-0.15, -0.1) is 0 Å². The van der Waals surface area contributed by atoms with Crippen LogP contribution in [0.4, 0.5) is 5.82 Å². The van der Waals surface area contributed by atoms with E-state index >= 15 is 0 Å². The lowest BCUT2D eigenvalue weighted by Crippen LogP contribution is -2.32. The highest BCUT2D eigenvalue weighted by molar-refractivity contribution is 9.10. The van der Waals surface area contributed by atoms with Crippen LogP contribution in [0.3, 0.4) is 0 Å². The second kappa shape index (κ2) is 4.42. The first-order valence-electron chi connectivity index (χ1n) is 4.68. The van der Waals surface area contributed by atoms with Crippen molar-refractivity contribution in [2.75, 3.05) is 18.5 Å². The molecule has 0 aromatic carbocycles. The van der Waals surface area contributed by atoms with E-state index in [1.54, 1.807) is 6.20 Å². The highest BCUT2D eigenvalue weighted by Gasteiger charge is 2.26. The Hall–Kier alpha value is -0.720. The highest BCUT2D eigenvalue weighted by Crippen LogP contribution is 2.21. The van der Waals surface area contributed by atoms with E-state index < -0.39 is 6.10 Å². The molecule has 2 N–H and O–H groups in total. The number of ether oxygens (including phenoxy) is 1. The Bertz CT molecular complexity index is 361. The number of hydrogen-bond acceptors (Lipinski definition) is 5. The van der Waals surface area contributed by atoms with Crippen LogP contribution in [-0.2, 0) is 4.74 Å². The molecule has 0 amide bonds. The second-order valence-corrected chi connectivity index (χ2v) is 4.32. The van der Waals surface area contributed by atoms with Gasteiger partial charge in [-0.1, -0.05) is 0 Å². The SMILES string of the molecule is Cc1ncc(Br)c(NC2COCC2O)n1. The zero-order valence-electron chi connectivity index (χ0n) is 8.27. The van der Waals surface area contributed by atoms with Crippen molar-refractivity contribution in [1.82, 2.24) is 9.97 Å². The van der Waals surface area contributed by atoms with E-state index in [9.17, 15) is 5.11 Å². The molecular weight excluding hydrogens is 262 g/mol. The van der Waals surface area contributed by atoms with Gasteiger partial charge in [-0.05, 0) is 22.9 Å². The molecule has 2 heterocycles. The standard InChI is InChI=1S/C9H12BrN3O2/c1-5-11-2-6(10)9(12-5)13-7-3-15-4-8(7)14/h2,7-8,14H,3-4H2,1H3,(H,11,12,13). The monoisotopic (exact) mass is 273 g/mol. The Kier molecular flexibility index (Phi) is 3.18. The third-order valence-electron chi connectivity index (χ3n) is 2.24. The zero-order chi connectivity index (χ0) is 10.8. The summed E-state index contributed by atoms with van der Waals surface area (Å²) in [5, 5.41) is 12.7. The molecule has 15 heavy (non-hydrogen) atoms. The Morgan fingerprint density at radius 3 is 3.07 bits per heavy atom. The highest BCUT2D eigenvalue weighted by atomic mass is 79.9. The van der Waals surface area contributed by atoms with Gasteiger partial charge in [0.1, 0.15) is 11.6 Å². The van der Waals surface area contributed by atoms with Crippen LogP contribution in [0.1, 0.15) is 5.82 Å². The molecule has 1 aliphatic heterocycles. The maximum Gasteiger partial charge on any atom is 0.144 e. The first-order valence-corrected chi connectivity index (χ1v) is 5.47. The first-order chi connectivity index (χ1) is 7.16. The van der Waals surface area contributed by atoms with E-state index in [0.717, 1.165) is 4.47 Å². The van der Waals surface area contributed by atoms with E-state index in [0.29, 0.717) is 24.9 Å². The molecule has 5 nitrogen and oxygen atoms in total. The van der Waals surface area contributed by atoms with Gasteiger partial charge in [-0.3, -0.25) is 0 Å². The van der Waals surface area contributed by atoms with Crippen LogP contribution in [0, 0.1) is 6.92 Å². The molecule has 1 aromatic rings.